The number of carbonyl (C=O) groups excluding carboxylic acids is 1. The zero-order chi connectivity index (χ0) is 9.42. The molecule has 0 saturated carbocycles. The van der Waals surface area contributed by atoms with Gasteiger partial charge in [-0.05, 0) is 26.2 Å². The second-order valence-corrected chi connectivity index (χ2v) is 4.19. The number of ketones is 1. The van der Waals surface area contributed by atoms with E-state index in [1.165, 1.54) is 6.42 Å². The molecule has 0 aliphatic carbocycles. The van der Waals surface area contributed by atoms with Crippen LogP contribution in [0.2, 0.25) is 0 Å². The van der Waals surface area contributed by atoms with Gasteiger partial charge < -0.3 is 10.1 Å². The summed E-state index contributed by atoms with van der Waals surface area (Å²) in [5, 5.41) is 3.49. The van der Waals surface area contributed by atoms with Gasteiger partial charge in [-0.15, -0.1) is 0 Å². The molecule has 2 bridgehead atoms. The zero-order valence-electron chi connectivity index (χ0n) is 8.25. The van der Waals surface area contributed by atoms with Gasteiger partial charge in [-0.25, -0.2) is 0 Å². The fourth-order valence-electron chi connectivity index (χ4n) is 2.79. The van der Waals surface area contributed by atoms with Crippen molar-refractivity contribution in [3.8, 4) is 0 Å². The molecule has 2 rings (SSSR count). The molecule has 3 nitrogen and oxygen atoms in total. The monoisotopic (exact) mass is 183 g/mol. The highest BCUT2D eigenvalue weighted by atomic mass is 16.5. The molecule has 0 aromatic carbocycles. The molecule has 1 N–H and O–H groups in total. The summed E-state index contributed by atoms with van der Waals surface area (Å²) in [6, 6.07) is 0.965. The van der Waals surface area contributed by atoms with E-state index in [1.807, 2.05) is 0 Å². The molecular formula is C10H17NO2. The first kappa shape index (κ1) is 9.16. The molecule has 2 aliphatic rings. The minimum atomic E-state index is 0.0868. The van der Waals surface area contributed by atoms with E-state index in [0.717, 1.165) is 12.8 Å². The minimum Gasteiger partial charge on any atom is -0.381 e. The number of Topliss-reactive ketones (excluding diaryl/α,β-unsaturated/α-hetero) is 1. The smallest absolute Gasteiger partial charge is 0.137 e. The van der Waals surface area contributed by atoms with Crippen LogP contribution in [0, 0.1) is 5.92 Å². The first-order chi connectivity index (χ1) is 6.22. The number of nitrogens with one attached hydrogen (secondary N) is 1. The number of hydrogen-bond donors (Lipinski definition) is 1. The first-order valence-corrected chi connectivity index (χ1v) is 5.01. The van der Waals surface area contributed by atoms with Crippen molar-refractivity contribution in [1.82, 2.24) is 5.32 Å². The molecule has 0 spiro atoms. The molecule has 0 aromatic heterocycles. The lowest BCUT2D eigenvalue weighted by Gasteiger charge is -2.35. The molecule has 2 fully saturated rings. The predicted octanol–water partition coefficient (Wildman–Crippen LogP) is 0.731. The van der Waals surface area contributed by atoms with Gasteiger partial charge in [0.25, 0.3) is 0 Å². The Morgan fingerprint density at radius 2 is 2.23 bits per heavy atom. The Morgan fingerprint density at radius 1 is 1.46 bits per heavy atom. The lowest BCUT2D eigenvalue weighted by molar-refractivity contribution is -0.127. The Hall–Kier alpha value is -0.410. The second-order valence-electron chi connectivity index (χ2n) is 4.19. The van der Waals surface area contributed by atoms with Crippen molar-refractivity contribution in [2.24, 2.45) is 5.92 Å². The van der Waals surface area contributed by atoms with Crippen molar-refractivity contribution in [3.05, 3.63) is 0 Å². The van der Waals surface area contributed by atoms with E-state index in [2.05, 4.69) is 5.32 Å². The van der Waals surface area contributed by atoms with Crippen LogP contribution in [0.25, 0.3) is 0 Å². The summed E-state index contributed by atoms with van der Waals surface area (Å²) in [5.41, 5.74) is 0. The number of fused-ring (bicyclic) bond motifs is 2. The average Bonchev–Trinajstić information content (AvgIpc) is 2.46. The quantitative estimate of drug-likeness (QED) is 0.686. The van der Waals surface area contributed by atoms with Crippen LogP contribution in [0.15, 0.2) is 0 Å². The Bertz CT molecular complexity index is 217. The predicted molar refractivity (Wildman–Crippen MR) is 49.5 cm³/mol. The van der Waals surface area contributed by atoms with Gasteiger partial charge in [0.05, 0.1) is 12.0 Å². The molecule has 0 amide bonds. The molecule has 2 heterocycles. The molecule has 3 heteroatoms. The van der Waals surface area contributed by atoms with Crippen molar-refractivity contribution in [2.75, 3.05) is 7.11 Å². The lowest BCUT2D eigenvalue weighted by atomic mass is 9.86. The fraction of sp³-hybridized carbons (Fsp3) is 0.900. The van der Waals surface area contributed by atoms with Crippen LogP contribution in [0.3, 0.4) is 0 Å². The molecule has 4 atom stereocenters. The Morgan fingerprint density at radius 3 is 2.85 bits per heavy atom. The van der Waals surface area contributed by atoms with Crippen LogP contribution in [-0.4, -0.2) is 31.1 Å². The summed E-state index contributed by atoms with van der Waals surface area (Å²) < 4.78 is 5.39. The number of ether oxygens (including phenoxy) is 1. The largest absolute Gasteiger partial charge is 0.381 e. The second kappa shape index (κ2) is 3.39. The van der Waals surface area contributed by atoms with Gasteiger partial charge >= 0.3 is 0 Å². The van der Waals surface area contributed by atoms with Crippen molar-refractivity contribution >= 4 is 5.78 Å². The highest BCUT2D eigenvalue weighted by Gasteiger charge is 2.43. The number of rotatable bonds is 2. The van der Waals surface area contributed by atoms with E-state index in [9.17, 15) is 4.79 Å². The summed E-state index contributed by atoms with van der Waals surface area (Å²) in [5.74, 6) is 0.355. The number of piperidine rings is 1. The summed E-state index contributed by atoms with van der Waals surface area (Å²) in [4.78, 5) is 11.4. The molecule has 0 aromatic rings. The standard InChI is InChI=1S/C10H17NO2/c1-6(12)10-8-4-3-7(11-8)5-9(10)13-2/h7-11H,3-5H2,1-2H3/t7-,8+,9-,10-/m1/s1. The maximum Gasteiger partial charge on any atom is 0.137 e. The molecular weight excluding hydrogens is 166 g/mol. The highest BCUT2D eigenvalue weighted by Crippen LogP contribution is 2.33. The van der Waals surface area contributed by atoms with Gasteiger partial charge in [0.15, 0.2) is 0 Å². The van der Waals surface area contributed by atoms with Gasteiger partial charge in [0, 0.05) is 19.2 Å². The van der Waals surface area contributed by atoms with Crippen LogP contribution in [0.4, 0.5) is 0 Å². The van der Waals surface area contributed by atoms with E-state index >= 15 is 0 Å². The average molecular weight is 183 g/mol. The highest BCUT2D eigenvalue weighted by molar-refractivity contribution is 5.80. The van der Waals surface area contributed by atoms with Crippen molar-refractivity contribution in [3.63, 3.8) is 0 Å². The summed E-state index contributed by atoms with van der Waals surface area (Å²) in [6.45, 7) is 1.68. The van der Waals surface area contributed by atoms with Crippen LogP contribution < -0.4 is 5.32 Å². The maximum absolute atomic E-state index is 11.4. The normalized spacial score (nSPS) is 43.5. The van der Waals surface area contributed by atoms with Crippen LogP contribution in [0.1, 0.15) is 26.2 Å². The van der Waals surface area contributed by atoms with Crippen molar-refractivity contribution < 1.29 is 9.53 Å². The van der Waals surface area contributed by atoms with Gasteiger partial charge in [0.1, 0.15) is 5.78 Å². The molecule has 0 unspecified atom stereocenters. The van der Waals surface area contributed by atoms with E-state index in [0.29, 0.717) is 12.1 Å². The zero-order valence-corrected chi connectivity index (χ0v) is 8.25. The van der Waals surface area contributed by atoms with Gasteiger partial charge in [0.2, 0.25) is 0 Å². The van der Waals surface area contributed by atoms with Crippen molar-refractivity contribution in [2.45, 2.75) is 44.4 Å². The summed E-state index contributed by atoms with van der Waals surface area (Å²) in [6.07, 6.45) is 3.48. The number of hydrogen-bond acceptors (Lipinski definition) is 3. The third kappa shape index (κ3) is 1.51. The van der Waals surface area contributed by atoms with E-state index in [-0.39, 0.29) is 17.8 Å². The third-order valence-electron chi connectivity index (χ3n) is 3.40. The minimum absolute atomic E-state index is 0.0868. The summed E-state index contributed by atoms with van der Waals surface area (Å²) >= 11 is 0. The van der Waals surface area contributed by atoms with Crippen LogP contribution in [0.5, 0.6) is 0 Å². The van der Waals surface area contributed by atoms with E-state index < -0.39 is 0 Å². The van der Waals surface area contributed by atoms with Crippen LogP contribution >= 0.6 is 0 Å². The maximum atomic E-state index is 11.4. The summed E-state index contributed by atoms with van der Waals surface area (Å²) in [7, 11) is 1.71. The molecule has 13 heavy (non-hydrogen) atoms. The molecule has 2 saturated heterocycles. The SMILES string of the molecule is CO[C@@H]1C[C@H]2CC[C@H](N2)[C@H]1C(C)=O. The topological polar surface area (TPSA) is 38.3 Å². The number of methoxy groups -OCH3 is 1. The van der Waals surface area contributed by atoms with Crippen molar-refractivity contribution in [1.29, 1.82) is 0 Å². The van der Waals surface area contributed by atoms with Gasteiger partial charge in [-0.1, -0.05) is 0 Å². The molecule has 2 aliphatic heterocycles. The Kier molecular flexibility index (Phi) is 2.39. The van der Waals surface area contributed by atoms with Crippen LogP contribution in [-0.2, 0) is 9.53 Å². The Balaban J connectivity index is 2.15. The van der Waals surface area contributed by atoms with E-state index in [1.54, 1.807) is 14.0 Å². The number of carbonyl (C=O) groups is 1. The Labute approximate surface area is 78.8 Å². The third-order valence-corrected chi connectivity index (χ3v) is 3.40. The first-order valence-electron chi connectivity index (χ1n) is 5.01. The molecule has 0 radical (unpaired) electrons. The van der Waals surface area contributed by atoms with Gasteiger partial charge in [-0.3, -0.25) is 4.79 Å². The van der Waals surface area contributed by atoms with E-state index in [4.69, 9.17) is 4.74 Å². The molecule has 74 valence electrons. The lowest BCUT2D eigenvalue weighted by Crippen LogP contribution is -2.51. The van der Waals surface area contributed by atoms with Gasteiger partial charge in [-0.2, -0.15) is 0 Å². The fourth-order valence-corrected chi connectivity index (χ4v) is 2.79.